The van der Waals surface area contributed by atoms with E-state index in [0.717, 1.165) is 38.5 Å². The van der Waals surface area contributed by atoms with Crippen molar-refractivity contribution in [1.29, 1.82) is 0 Å². The molecule has 0 aromatic carbocycles. The van der Waals surface area contributed by atoms with E-state index in [1.807, 2.05) is 0 Å². The van der Waals surface area contributed by atoms with Crippen molar-refractivity contribution in [1.82, 2.24) is 0 Å². The highest BCUT2D eigenvalue weighted by Crippen LogP contribution is 2.14. The van der Waals surface area contributed by atoms with Crippen molar-refractivity contribution in [2.45, 2.75) is 130 Å². The maximum absolute atomic E-state index is 11.8. The summed E-state index contributed by atoms with van der Waals surface area (Å²) < 4.78 is 0. The molecule has 0 radical (unpaired) electrons. The minimum Gasteiger partial charge on any atom is -0.297 e. The molecule has 0 aromatic heterocycles. The molecule has 6 heteroatoms. The second kappa shape index (κ2) is 16.2. The summed E-state index contributed by atoms with van der Waals surface area (Å²) in [7, 11) is 0. The summed E-state index contributed by atoms with van der Waals surface area (Å²) in [6, 6.07) is 0. The van der Waals surface area contributed by atoms with E-state index in [2.05, 4.69) is 25.7 Å². The number of carbonyl (C=O) groups excluding carboxylic acids is 2. The van der Waals surface area contributed by atoms with E-state index in [9.17, 15) is 9.59 Å². The summed E-state index contributed by atoms with van der Waals surface area (Å²) in [5.74, 6) is 4.93. The van der Waals surface area contributed by atoms with E-state index in [1.54, 1.807) is 27.7 Å². The van der Waals surface area contributed by atoms with E-state index in [0.29, 0.717) is 12.8 Å². The van der Waals surface area contributed by atoms with Gasteiger partial charge in [-0.15, -0.1) is 0 Å². The van der Waals surface area contributed by atoms with Gasteiger partial charge in [-0.2, -0.15) is 9.78 Å². The standard InChI is InChI=1S/C24H42O6/c1-7-9-11-13-15-17-21(25)27-29-23(3,4)19-20-24(5,6)30-28-22(26)18-16-14-12-10-8-2/h7-18H2,1-6H3. The Balaban J connectivity index is 4.22. The minimum atomic E-state index is -1.01. The van der Waals surface area contributed by atoms with Crippen LogP contribution < -0.4 is 0 Å². The van der Waals surface area contributed by atoms with Crippen molar-refractivity contribution in [3.63, 3.8) is 0 Å². The molecule has 0 aliphatic heterocycles. The van der Waals surface area contributed by atoms with E-state index >= 15 is 0 Å². The summed E-state index contributed by atoms with van der Waals surface area (Å²) in [6.45, 7) is 11.0. The van der Waals surface area contributed by atoms with E-state index in [4.69, 9.17) is 19.6 Å². The number of rotatable bonds is 16. The molecule has 0 fully saturated rings. The van der Waals surface area contributed by atoms with Crippen LogP contribution in [0.3, 0.4) is 0 Å². The molecule has 0 aliphatic carbocycles. The van der Waals surface area contributed by atoms with Gasteiger partial charge in [0.05, 0.1) is 0 Å². The fourth-order valence-corrected chi connectivity index (χ4v) is 2.47. The zero-order valence-electron chi connectivity index (χ0n) is 19.9. The zero-order valence-corrected chi connectivity index (χ0v) is 19.9. The first kappa shape index (κ1) is 28.4. The number of hydrogen-bond acceptors (Lipinski definition) is 6. The number of hydrogen-bond donors (Lipinski definition) is 0. The van der Waals surface area contributed by atoms with Crippen molar-refractivity contribution in [2.24, 2.45) is 0 Å². The summed E-state index contributed by atoms with van der Waals surface area (Å²) in [6.07, 6.45) is 11.2. The average Bonchev–Trinajstić information content (AvgIpc) is 2.69. The predicted octanol–water partition coefficient (Wildman–Crippen LogP) is 6.22. The SMILES string of the molecule is CCCCCCCC(=O)OOC(C)(C)C#CC(C)(C)OOC(=O)CCCCCCC. The molecule has 0 bridgehead atoms. The van der Waals surface area contributed by atoms with Gasteiger partial charge < -0.3 is 0 Å². The molecule has 174 valence electrons. The van der Waals surface area contributed by atoms with Crippen LogP contribution in [0.25, 0.3) is 0 Å². The van der Waals surface area contributed by atoms with Gasteiger partial charge in [0.2, 0.25) is 0 Å². The molecule has 0 atom stereocenters. The smallest absolute Gasteiger partial charge is 0.297 e. The normalized spacial score (nSPS) is 11.5. The van der Waals surface area contributed by atoms with Gasteiger partial charge in [-0.3, -0.25) is 9.78 Å². The molecule has 30 heavy (non-hydrogen) atoms. The molecular formula is C24H42O6. The van der Waals surface area contributed by atoms with Gasteiger partial charge in [-0.1, -0.05) is 77.1 Å². The fourth-order valence-electron chi connectivity index (χ4n) is 2.47. The maximum Gasteiger partial charge on any atom is 0.342 e. The average molecular weight is 427 g/mol. The van der Waals surface area contributed by atoms with Gasteiger partial charge in [-0.25, -0.2) is 9.59 Å². The third kappa shape index (κ3) is 17.3. The number of unbranched alkanes of at least 4 members (excludes halogenated alkanes) is 8. The molecule has 6 nitrogen and oxygen atoms in total. The van der Waals surface area contributed by atoms with E-state index in [1.165, 1.54) is 25.7 Å². The van der Waals surface area contributed by atoms with Crippen LogP contribution in [-0.4, -0.2) is 23.1 Å². The number of carbonyl (C=O) groups is 2. The molecule has 0 saturated heterocycles. The van der Waals surface area contributed by atoms with Gasteiger partial charge >= 0.3 is 11.9 Å². The topological polar surface area (TPSA) is 71.1 Å². The van der Waals surface area contributed by atoms with Crippen LogP contribution in [-0.2, 0) is 29.1 Å². The van der Waals surface area contributed by atoms with Crippen LogP contribution in [0, 0.1) is 11.8 Å². The summed E-state index contributed by atoms with van der Waals surface area (Å²) in [4.78, 5) is 43.7. The summed E-state index contributed by atoms with van der Waals surface area (Å²) in [5, 5.41) is 0. The highest BCUT2D eigenvalue weighted by molar-refractivity contribution is 5.68. The molecule has 0 saturated carbocycles. The van der Waals surface area contributed by atoms with Crippen LogP contribution in [0.15, 0.2) is 0 Å². The molecule has 0 N–H and O–H groups in total. The highest BCUT2D eigenvalue weighted by Gasteiger charge is 2.23. The van der Waals surface area contributed by atoms with Crippen LogP contribution in [0.2, 0.25) is 0 Å². The molecule has 0 rings (SSSR count). The van der Waals surface area contributed by atoms with Crippen LogP contribution in [0.1, 0.15) is 119 Å². The Labute approximate surface area is 183 Å². The third-order valence-electron chi connectivity index (χ3n) is 4.32. The van der Waals surface area contributed by atoms with Crippen molar-refractivity contribution in [3.8, 4) is 11.8 Å². The molecule has 0 aromatic rings. The van der Waals surface area contributed by atoms with Gasteiger partial charge in [0.25, 0.3) is 0 Å². The third-order valence-corrected chi connectivity index (χ3v) is 4.32. The molecule has 0 spiro atoms. The molecular weight excluding hydrogens is 384 g/mol. The summed E-state index contributed by atoms with van der Waals surface area (Å²) in [5.41, 5.74) is -2.02. The summed E-state index contributed by atoms with van der Waals surface area (Å²) >= 11 is 0. The van der Waals surface area contributed by atoms with Gasteiger partial charge in [0.15, 0.2) is 11.2 Å². The minimum absolute atomic E-state index is 0.330. The van der Waals surface area contributed by atoms with E-state index < -0.39 is 23.1 Å². The largest absolute Gasteiger partial charge is 0.342 e. The predicted molar refractivity (Wildman–Crippen MR) is 117 cm³/mol. The van der Waals surface area contributed by atoms with Crippen molar-refractivity contribution < 1.29 is 29.1 Å². The van der Waals surface area contributed by atoms with Gasteiger partial charge in [0.1, 0.15) is 0 Å². The first-order valence-electron chi connectivity index (χ1n) is 11.4. The Morgan fingerprint density at radius 1 is 0.600 bits per heavy atom. The first-order valence-corrected chi connectivity index (χ1v) is 11.4. The maximum atomic E-state index is 11.8. The van der Waals surface area contributed by atoms with E-state index in [-0.39, 0.29) is 0 Å². The van der Waals surface area contributed by atoms with Crippen LogP contribution in [0.5, 0.6) is 0 Å². The second-order valence-corrected chi connectivity index (χ2v) is 8.68. The van der Waals surface area contributed by atoms with Crippen molar-refractivity contribution in [2.75, 3.05) is 0 Å². The first-order chi connectivity index (χ1) is 14.1. The molecule has 0 unspecified atom stereocenters. The Bertz CT molecular complexity index is 496. The Morgan fingerprint density at radius 3 is 1.27 bits per heavy atom. The lowest BCUT2D eigenvalue weighted by Crippen LogP contribution is -2.28. The van der Waals surface area contributed by atoms with Gasteiger partial charge in [0, 0.05) is 12.8 Å². The Kier molecular flexibility index (Phi) is 15.3. The lowest BCUT2D eigenvalue weighted by Gasteiger charge is -2.19. The molecule has 0 heterocycles. The Hall–Kier alpha value is -1.58. The lowest BCUT2D eigenvalue weighted by atomic mass is 10.1. The molecule has 0 aliphatic rings. The van der Waals surface area contributed by atoms with Gasteiger partial charge in [-0.05, 0) is 40.5 Å². The fraction of sp³-hybridized carbons (Fsp3) is 0.833. The monoisotopic (exact) mass is 426 g/mol. The van der Waals surface area contributed by atoms with Crippen LogP contribution >= 0.6 is 0 Å². The quantitative estimate of drug-likeness (QED) is 0.126. The zero-order chi connectivity index (χ0) is 22.9. The Morgan fingerprint density at radius 2 is 0.933 bits per heavy atom. The van der Waals surface area contributed by atoms with Crippen molar-refractivity contribution in [3.05, 3.63) is 0 Å². The van der Waals surface area contributed by atoms with Crippen LogP contribution in [0.4, 0.5) is 0 Å². The second-order valence-electron chi connectivity index (χ2n) is 8.68. The lowest BCUT2D eigenvalue weighted by molar-refractivity contribution is -0.313. The van der Waals surface area contributed by atoms with Crippen molar-refractivity contribution >= 4 is 11.9 Å². The highest BCUT2D eigenvalue weighted by atomic mass is 17.2. The molecule has 0 amide bonds.